The minimum Gasteiger partial charge on any atom is -0.492 e. The van der Waals surface area contributed by atoms with Gasteiger partial charge in [0.2, 0.25) is 15.9 Å². The molecule has 8 heteroatoms. The summed E-state index contributed by atoms with van der Waals surface area (Å²) < 4.78 is 32.2. The summed E-state index contributed by atoms with van der Waals surface area (Å²) in [5.74, 6) is 0.353. The standard InChI is InChI=1S/C21H25ClN2O4S/c1-14(2)24-29(26,27)13-16-5-3-15(4-6-16)11-23-21(25)18-9-17-10-19(22)7-8-20(17)28-12-18/h3-8,10,14,18,24H,9,11-13H2,1-2H3,(H,23,25). The molecule has 0 aromatic heterocycles. The summed E-state index contributed by atoms with van der Waals surface area (Å²) in [6, 6.07) is 12.5. The summed E-state index contributed by atoms with van der Waals surface area (Å²) >= 11 is 6.02. The van der Waals surface area contributed by atoms with E-state index in [1.54, 1.807) is 32.0 Å². The number of hydrogen-bond acceptors (Lipinski definition) is 4. The van der Waals surface area contributed by atoms with Gasteiger partial charge in [-0.25, -0.2) is 13.1 Å². The number of carbonyl (C=O) groups is 1. The summed E-state index contributed by atoms with van der Waals surface area (Å²) in [5.41, 5.74) is 2.53. The fourth-order valence-electron chi connectivity index (χ4n) is 3.24. The lowest BCUT2D eigenvalue weighted by Crippen LogP contribution is -2.37. The molecule has 3 rings (SSSR count). The maximum absolute atomic E-state index is 12.5. The molecule has 6 nitrogen and oxygen atoms in total. The van der Waals surface area contributed by atoms with Crippen LogP contribution in [0.1, 0.15) is 30.5 Å². The van der Waals surface area contributed by atoms with Crippen molar-refractivity contribution in [2.75, 3.05) is 6.61 Å². The Morgan fingerprint density at radius 1 is 1.17 bits per heavy atom. The van der Waals surface area contributed by atoms with Gasteiger partial charge in [0.15, 0.2) is 0 Å². The van der Waals surface area contributed by atoms with Crippen LogP contribution in [0.2, 0.25) is 5.02 Å². The first-order valence-corrected chi connectivity index (χ1v) is 11.5. The predicted octanol–water partition coefficient (Wildman–Crippen LogP) is 3.04. The number of amides is 1. The second-order valence-electron chi connectivity index (χ2n) is 7.53. The van der Waals surface area contributed by atoms with E-state index in [9.17, 15) is 13.2 Å². The molecule has 0 fully saturated rings. The Morgan fingerprint density at radius 2 is 1.86 bits per heavy atom. The topological polar surface area (TPSA) is 84.5 Å². The van der Waals surface area contributed by atoms with Crippen molar-refractivity contribution in [1.82, 2.24) is 10.0 Å². The summed E-state index contributed by atoms with van der Waals surface area (Å²) in [5, 5.41) is 3.55. The van der Waals surface area contributed by atoms with Gasteiger partial charge < -0.3 is 10.1 Å². The molecule has 1 aliphatic rings. The molecule has 1 unspecified atom stereocenters. The number of hydrogen-bond donors (Lipinski definition) is 2. The Hall–Kier alpha value is -2.09. The molecule has 0 saturated carbocycles. The van der Waals surface area contributed by atoms with Gasteiger partial charge in [-0.1, -0.05) is 35.9 Å². The van der Waals surface area contributed by atoms with Gasteiger partial charge in [0.05, 0.1) is 11.7 Å². The van der Waals surface area contributed by atoms with Gasteiger partial charge in [-0.05, 0) is 55.2 Å². The van der Waals surface area contributed by atoms with Crippen LogP contribution in [0.5, 0.6) is 5.75 Å². The third kappa shape index (κ3) is 6.19. The van der Waals surface area contributed by atoms with E-state index in [2.05, 4.69) is 10.0 Å². The summed E-state index contributed by atoms with van der Waals surface area (Å²) in [4.78, 5) is 12.5. The molecule has 2 N–H and O–H groups in total. The number of benzene rings is 2. The number of halogens is 1. The maximum Gasteiger partial charge on any atom is 0.227 e. The fraction of sp³-hybridized carbons (Fsp3) is 0.381. The van der Waals surface area contributed by atoms with E-state index >= 15 is 0 Å². The van der Waals surface area contributed by atoms with Crippen LogP contribution in [-0.2, 0) is 33.5 Å². The van der Waals surface area contributed by atoms with Crippen molar-refractivity contribution in [3.05, 3.63) is 64.2 Å². The minimum absolute atomic E-state index is 0.0702. The van der Waals surface area contributed by atoms with Crippen LogP contribution in [0.4, 0.5) is 0 Å². The molecule has 1 amide bonds. The molecule has 0 bridgehead atoms. The zero-order valence-electron chi connectivity index (χ0n) is 16.4. The highest BCUT2D eigenvalue weighted by Crippen LogP contribution is 2.29. The average Bonchev–Trinajstić information content (AvgIpc) is 2.65. The van der Waals surface area contributed by atoms with E-state index < -0.39 is 10.0 Å². The first kappa shape index (κ1) is 21.6. The third-order valence-electron chi connectivity index (χ3n) is 4.56. The molecule has 0 saturated heterocycles. The van der Waals surface area contributed by atoms with Gasteiger partial charge >= 0.3 is 0 Å². The summed E-state index contributed by atoms with van der Waals surface area (Å²) in [6.45, 7) is 4.27. The van der Waals surface area contributed by atoms with Crippen LogP contribution >= 0.6 is 11.6 Å². The van der Waals surface area contributed by atoms with E-state index in [1.807, 2.05) is 24.3 Å². The molecule has 0 radical (unpaired) electrons. The molecule has 1 heterocycles. The Balaban J connectivity index is 1.53. The predicted molar refractivity (Wildman–Crippen MR) is 113 cm³/mol. The number of rotatable bonds is 7. The second kappa shape index (κ2) is 9.15. The second-order valence-corrected chi connectivity index (χ2v) is 9.72. The fourth-order valence-corrected chi connectivity index (χ4v) is 4.87. The number of fused-ring (bicyclic) bond motifs is 1. The van der Waals surface area contributed by atoms with E-state index in [-0.39, 0.29) is 23.6 Å². The van der Waals surface area contributed by atoms with Crippen molar-refractivity contribution in [1.29, 1.82) is 0 Å². The molecule has 2 aromatic rings. The van der Waals surface area contributed by atoms with Gasteiger partial charge in [-0.3, -0.25) is 4.79 Å². The number of sulfonamides is 1. The Labute approximate surface area is 176 Å². The highest BCUT2D eigenvalue weighted by Gasteiger charge is 2.26. The van der Waals surface area contributed by atoms with E-state index in [0.717, 1.165) is 16.9 Å². The number of nitrogens with one attached hydrogen (secondary N) is 2. The highest BCUT2D eigenvalue weighted by molar-refractivity contribution is 7.88. The largest absolute Gasteiger partial charge is 0.492 e. The average molecular weight is 437 g/mol. The van der Waals surface area contributed by atoms with Crippen LogP contribution in [0.3, 0.4) is 0 Å². The molecular weight excluding hydrogens is 412 g/mol. The molecule has 0 aliphatic carbocycles. The van der Waals surface area contributed by atoms with E-state index in [0.29, 0.717) is 30.2 Å². The zero-order valence-corrected chi connectivity index (χ0v) is 18.0. The number of ether oxygens (including phenoxy) is 1. The molecule has 1 atom stereocenters. The van der Waals surface area contributed by atoms with Crippen molar-refractivity contribution in [2.24, 2.45) is 5.92 Å². The Bertz CT molecular complexity index is 975. The normalized spacial score (nSPS) is 16.2. The quantitative estimate of drug-likeness (QED) is 0.698. The Kier molecular flexibility index (Phi) is 6.82. The summed E-state index contributed by atoms with van der Waals surface area (Å²) in [7, 11) is -3.36. The van der Waals surface area contributed by atoms with Gasteiger partial charge in [0.25, 0.3) is 0 Å². The van der Waals surface area contributed by atoms with Gasteiger partial charge in [0.1, 0.15) is 12.4 Å². The van der Waals surface area contributed by atoms with Gasteiger partial charge in [0, 0.05) is 17.6 Å². The highest BCUT2D eigenvalue weighted by atomic mass is 35.5. The SMILES string of the molecule is CC(C)NS(=O)(=O)Cc1ccc(CNC(=O)C2COc3ccc(Cl)cc3C2)cc1. The van der Waals surface area contributed by atoms with Crippen molar-refractivity contribution in [2.45, 2.75) is 38.6 Å². The molecule has 156 valence electrons. The lowest BCUT2D eigenvalue weighted by atomic mass is 9.96. The zero-order chi connectivity index (χ0) is 21.0. The number of carbonyl (C=O) groups excluding carboxylic acids is 1. The van der Waals surface area contributed by atoms with Crippen LogP contribution in [0, 0.1) is 5.92 Å². The van der Waals surface area contributed by atoms with Crippen LogP contribution in [0.25, 0.3) is 0 Å². The van der Waals surface area contributed by atoms with Crippen molar-refractivity contribution in [3.8, 4) is 5.75 Å². The van der Waals surface area contributed by atoms with E-state index in [4.69, 9.17) is 16.3 Å². The molecular formula is C21H25ClN2O4S. The van der Waals surface area contributed by atoms with E-state index in [1.165, 1.54) is 0 Å². The first-order valence-electron chi connectivity index (χ1n) is 9.48. The smallest absolute Gasteiger partial charge is 0.227 e. The van der Waals surface area contributed by atoms with Crippen LogP contribution in [0.15, 0.2) is 42.5 Å². The lowest BCUT2D eigenvalue weighted by Gasteiger charge is -2.24. The van der Waals surface area contributed by atoms with Gasteiger partial charge in [-0.15, -0.1) is 0 Å². The van der Waals surface area contributed by atoms with Crippen LogP contribution < -0.4 is 14.8 Å². The lowest BCUT2D eigenvalue weighted by molar-refractivity contribution is -0.126. The van der Waals surface area contributed by atoms with Crippen molar-refractivity contribution >= 4 is 27.5 Å². The molecule has 2 aromatic carbocycles. The molecule has 29 heavy (non-hydrogen) atoms. The molecule has 0 spiro atoms. The van der Waals surface area contributed by atoms with Crippen molar-refractivity contribution < 1.29 is 17.9 Å². The third-order valence-corrected chi connectivity index (χ3v) is 6.34. The first-order chi connectivity index (χ1) is 13.7. The monoisotopic (exact) mass is 436 g/mol. The molecule has 1 aliphatic heterocycles. The van der Waals surface area contributed by atoms with Crippen molar-refractivity contribution in [3.63, 3.8) is 0 Å². The van der Waals surface area contributed by atoms with Gasteiger partial charge in [-0.2, -0.15) is 0 Å². The Morgan fingerprint density at radius 3 is 2.55 bits per heavy atom. The maximum atomic E-state index is 12.5. The summed E-state index contributed by atoms with van der Waals surface area (Å²) in [6.07, 6.45) is 0.585. The van der Waals surface area contributed by atoms with Crippen LogP contribution in [-0.4, -0.2) is 27.0 Å². The minimum atomic E-state index is -3.36.